The summed E-state index contributed by atoms with van der Waals surface area (Å²) in [6, 6.07) is 0.0504. The van der Waals surface area contributed by atoms with E-state index in [4.69, 9.17) is 5.73 Å². The molecule has 2 N–H and O–H groups in total. The van der Waals surface area contributed by atoms with Gasteiger partial charge in [-0.1, -0.05) is 0 Å². The van der Waals surface area contributed by atoms with Crippen LogP contribution in [-0.4, -0.2) is 9.78 Å². The van der Waals surface area contributed by atoms with Gasteiger partial charge in [-0.05, 0) is 29.8 Å². The molecule has 0 saturated carbocycles. The number of nitrogens with two attached hydrogens (primary N) is 1. The van der Waals surface area contributed by atoms with Gasteiger partial charge in [-0.3, -0.25) is 4.79 Å². The first kappa shape index (κ1) is 9.25. The zero-order chi connectivity index (χ0) is 9.30. The topological polar surface area (TPSA) is 60.9 Å². The number of hydrogen-bond donors (Lipinski definition) is 1. The lowest BCUT2D eigenvalue weighted by atomic mass is 10.4. The summed E-state index contributed by atoms with van der Waals surface area (Å²) in [5.74, 6) is 0. The second kappa shape index (κ2) is 3.26. The van der Waals surface area contributed by atoms with Gasteiger partial charge in [0, 0.05) is 0 Å². The Morgan fingerprint density at radius 1 is 1.67 bits per heavy atom. The highest BCUT2D eigenvalue weighted by Crippen LogP contribution is 2.12. The first-order valence-electron chi connectivity index (χ1n) is 3.57. The van der Waals surface area contributed by atoms with Crippen LogP contribution in [0.5, 0.6) is 0 Å². The van der Waals surface area contributed by atoms with Crippen molar-refractivity contribution < 1.29 is 0 Å². The van der Waals surface area contributed by atoms with Gasteiger partial charge in [0.05, 0.1) is 17.9 Å². The molecule has 0 aliphatic rings. The van der Waals surface area contributed by atoms with Gasteiger partial charge >= 0.3 is 0 Å². The summed E-state index contributed by atoms with van der Waals surface area (Å²) in [5, 5.41) is 3.89. The van der Waals surface area contributed by atoms with Crippen LogP contribution >= 0.6 is 15.9 Å². The van der Waals surface area contributed by atoms with E-state index in [9.17, 15) is 4.79 Å². The number of halogens is 1. The highest BCUT2D eigenvalue weighted by Gasteiger charge is 2.07. The van der Waals surface area contributed by atoms with E-state index in [1.165, 1.54) is 10.9 Å². The molecule has 0 saturated heterocycles. The SMILES string of the molecule is CC(C)n1ncc(N)c(Br)c1=O. The zero-order valence-electron chi connectivity index (χ0n) is 6.91. The van der Waals surface area contributed by atoms with E-state index in [-0.39, 0.29) is 11.6 Å². The molecule has 0 unspecified atom stereocenters. The maximum Gasteiger partial charge on any atom is 0.283 e. The van der Waals surface area contributed by atoms with Crippen LogP contribution in [0, 0.1) is 0 Å². The van der Waals surface area contributed by atoms with E-state index < -0.39 is 0 Å². The van der Waals surface area contributed by atoms with Crippen molar-refractivity contribution in [2.45, 2.75) is 19.9 Å². The van der Waals surface area contributed by atoms with Crippen molar-refractivity contribution in [2.24, 2.45) is 0 Å². The largest absolute Gasteiger partial charge is 0.396 e. The lowest BCUT2D eigenvalue weighted by Crippen LogP contribution is -2.25. The quantitative estimate of drug-likeness (QED) is 0.790. The molecule has 0 atom stereocenters. The monoisotopic (exact) mass is 231 g/mol. The van der Waals surface area contributed by atoms with Gasteiger partial charge in [-0.15, -0.1) is 0 Å². The Hall–Kier alpha value is -0.840. The molecular weight excluding hydrogens is 222 g/mol. The van der Waals surface area contributed by atoms with Gasteiger partial charge in [0.1, 0.15) is 4.47 Å². The van der Waals surface area contributed by atoms with Gasteiger partial charge < -0.3 is 5.73 Å². The Morgan fingerprint density at radius 2 is 2.25 bits per heavy atom. The highest BCUT2D eigenvalue weighted by atomic mass is 79.9. The van der Waals surface area contributed by atoms with Gasteiger partial charge in [0.2, 0.25) is 0 Å². The molecule has 0 aliphatic carbocycles. The van der Waals surface area contributed by atoms with Gasteiger partial charge in [-0.25, -0.2) is 4.68 Å². The number of anilines is 1. The number of hydrogen-bond acceptors (Lipinski definition) is 3. The molecule has 0 radical (unpaired) electrons. The van der Waals surface area contributed by atoms with Crippen molar-refractivity contribution in [3.63, 3.8) is 0 Å². The van der Waals surface area contributed by atoms with Gasteiger partial charge in [0.25, 0.3) is 5.56 Å². The molecule has 0 aromatic carbocycles. The molecule has 1 rings (SSSR count). The summed E-state index contributed by atoms with van der Waals surface area (Å²) in [6.45, 7) is 3.77. The summed E-state index contributed by atoms with van der Waals surface area (Å²) >= 11 is 3.10. The van der Waals surface area contributed by atoms with Crippen LogP contribution in [0.1, 0.15) is 19.9 Å². The van der Waals surface area contributed by atoms with Gasteiger partial charge in [0.15, 0.2) is 0 Å². The Morgan fingerprint density at radius 3 is 2.75 bits per heavy atom. The summed E-state index contributed by atoms with van der Waals surface area (Å²) in [7, 11) is 0. The minimum Gasteiger partial charge on any atom is -0.396 e. The first-order chi connectivity index (χ1) is 5.54. The molecule has 0 aliphatic heterocycles. The highest BCUT2D eigenvalue weighted by molar-refractivity contribution is 9.10. The van der Waals surface area contributed by atoms with Crippen molar-refractivity contribution in [3.8, 4) is 0 Å². The first-order valence-corrected chi connectivity index (χ1v) is 4.36. The molecule has 1 heterocycles. The van der Waals surface area contributed by atoms with Crippen LogP contribution in [0.4, 0.5) is 5.69 Å². The predicted octanol–water partition coefficient (Wildman–Crippen LogP) is 1.17. The third kappa shape index (κ3) is 1.50. The van der Waals surface area contributed by atoms with Crippen LogP contribution in [-0.2, 0) is 0 Å². The van der Waals surface area contributed by atoms with Crippen molar-refractivity contribution in [2.75, 3.05) is 5.73 Å². The fourth-order valence-electron chi connectivity index (χ4n) is 0.825. The van der Waals surface area contributed by atoms with E-state index >= 15 is 0 Å². The van der Waals surface area contributed by atoms with Crippen LogP contribution in [0.2, 0.25) is 0 Å². The average Bonchev–Trinajstić information content (AvgIpc) is 2.00. The van der Waals surface area contributed by atoms with Crippen molar-refractivity contribution in [1.29, 1.82) is 0 Å². The van der Waals surface area contributed by atoms with Crippen LogP contribution in [0.25, 0.3) is 0 Å². The van der Waals surface area contributed by atoms with E-state index in [1.54, 1.807) is 0 Å². The van der Waals surface area contributed by atoms with Crippen LogP contribution in [0.3, 0.4) is 0 Å². The fraction of sp³-hybridized carbons (Fsp3) is 0.429. The van der Waals surface area contributed by atoms with E-state index in [2.05, 4.69) is 21.0 Å². The second-order valence-corrected chi connectivity index (χ2v) is 3.55. The smallest absolute Gasteiger partial charge is 0.283 e. The fourth-order valence-corrected chi connectivity index (χ4v) is 1.11. The summed E-state index contributed by atoms with van der Waals surface area (Å²) in [6.07, 6.45) is 1.46. The molecule has 4 nitrogen and oxygen atoms in total. The zero-order valence-corrected chi connectivity index (χ0v) is 8.50. The Kier molecular flexibility index (Phi) is 2.52. The van der Waals surface area contributed by atoms with E-state index in [1.807, 2.05) is 13.8 Å². The summed E-state index contributed by atoms with van der Waals surface area (Å²) < 4.78 is 1.76. The predicted molar refractivity (Wildman–Crippen MR) is 51.0 cm³/mol. The molecule has 0 amide bonds. The van der Waals surface area contributed by atoms with E-state index in [0.717, 1.165) is 0 Å². The summed E-state index contributed by atoms with van der Waals surface area (Å²) in [5.41, 5.74) is 5.65. The Bertz CT molecular complexity index is 345. The average molecular weight is 232 g/mol. The number of nitrogens with zero attached hydrogens (tertiary/aromatic N) is 2. The lowest BCUT2D eigenvalue weighted by molar-refractivity contribution is 0.501. The Labute approximate surface area is 78.5 Å². The molecule has 0 fully saturated rings. The molecule has 0 spiro atoms. The summed E-state index contributed by atoms with van der Waals surface area (Å²) in [4.78, 5) is 11.4. The molecule has 0 bridgehead atoms. The number of rotatable bonds is 1. The Balaban J connectivity index is 3.37. The third-order valence-corrected chi connectivity index (χ3v) is 2.26. The van der Waals surface area contributed by atoms with Crippen molar-refractivity contribution in [1.82, 2.24) is 9.78 Å². The van der Waals surface area contributed by atoms with Crippen molar-refractivity contribution in [3.05, 3.63) is 21.0 Å². The minimum absolute atomic E-state index is 0.0504. The number of aromatic nitrogens is 2. The van der Waals surface area contributed by atoms with Crippen molar-refractivity contribution >= 4 is 21.6 Å². The standard InChI is InChI=1S/C7H10BrN3O/c1-4(2)11-7(12)6(8)5(9)3-10-11/h3-4H,9H2,1-2H3. The maximum atomic E-state index is 11.4. The molecule has 5 heteroatoms. The molecule has 66 valence electrons. The molecular formula is C7H10BrN3O. The number of nitrogen functional groups attached to an aromatic ring is 1. The van der Waals surface area contributed by atoms with Crippen LogP contribution in [0.15, 0.2) is 15.5 Å². The minimum atomic E-state index is -0.190. The maximum absolute atomic E-state index is 11.4. The second-order valence-electron chi connectivity index (χ2n) is 2.76. The normalized spacial score (nSPS) is 10.7. The van der Waals surface area contributed by atoms with E-state index in [0.29, 0.717) is 10.2 Å². The van der Waals surface area contributed by atoms with Gasteiger partial charge in [-0.2, -0.15) is 5.10 Å². The lowest BCUT2D eigenvalue weighted by Gasteiger charge is -2.08. The van der Waals surface area contributed by atoms with Crippen LogP contribution < -0.4 is 11.3 Å². The molecule has 1 aromatic heterocycles. The molecule has 12 heavy (non-hydrogen) atoms. The third-order valence-electron chi connectivity index (χ3n) is 1.46. The molecule has 1 aromatic rings.